The molecule has 18 heavy (non-hydrogen) atoms. The maximum absolute atomic E-state index is 13.9. The van der Waals surface area contributed by atoms with Crippen LogP contribution < -0.4 is 11.3 Å². The first-order valence-corrected chi connectivity index (χ1v) is 6.07. The van der Waals surface area contributed by atoms with E-state index >= 15 is 0 Å². The first-order chi connectivity index (χ1) is 8.60. The highest BCUT2D eigenvalue weighted by atomic mass is 19.1. The van der Waals surface area contributed by atoms with Crippen LogP contribution in [0, 0.1) is 11.6 Å². The summed E-state index contributed by atoms with van der Waals surface area (Å²) in [6, 6.07) is 3.22. The highest BCUT2D eigenvalue weighted by Gasteiger charge is 2.42. The van der Waals surface area contributed by atoms with E-state index in [1.807, 2.05) is 0 Å². The summed E-state index contributed by atoms with van der Waals surface area (Å²) >= 11 is 0. The maximum atomic E-state index is 13.9. The van der Waals surface area contributed by atoms with E-state index < -0.39 is 23.0 Å². The van der Waals surface area contributed by atoms with Gasteiger partial charge in [0.25, 0.3) is 0 Å². The molecule has 0 heterocycles. The molecule has 1 aromatic rings. The molecule has 3 N–H and O–H groups in total. The van der Waals surface area contributed by atoms with Crippen LogP contribution in [0.15, 0.2) is 18.2 Å². The molecule has 0 radical (unpaired) electrons. The smallest absolute Gasteiger partial charge is 0.244 e. The SMILES string of the molecule is NNC(=O)C1(c2cc(F)ccc2F)CCCCC1. The summed E-state index contributed by atoms with van der Waals surface area (Å²) < 4.78 is 27.2. The van der Waals surface area contributed by atoms with Crippen LogP contribution in [-0.2, 0) is 10.2 Å². The van der Waals surface area contributed by atoms with E-state index in [1.54, 1.807) is 0 Å². The number of rotatable bonds is 2. The van der Waals surface area contributed by atoms with Crippen LogP contribution in [0.25, 0.3) is 0 Å². The van der Waals surface area contributed by atoms with E-state index in [0.29, 0.717) is 12.8 Å². The molecule has 98 valence electrons. The van der Waals surface area contributed by atoms with E-state index in [2.05, 4.69) is 5.43 Å². The van der Waals surface area contributed by atoms with Gasteiger partial charge in [-0.15, -0.1) is 0 Å². The first-order valence-electron chi connectivity index (χ1n) is 6.07. The van der Waals surface area contributed by atoms with Gasteiger partial charge in [0.1, 0.15) is 11.6 Å². The number of nitrogens with two attached hydrogens (primary N) is 1. The van der Waals surface area contributed by atoms with Gasteiger partial charge in [0, 0.05) is 5.56 Å². The third kappa shape index (κ3) is 2.10. The molecular formula is C13H16F2N2O. The monoisotopic (exact) mass is 254 g/mol. The number of nitrogens with one attached hydrogen (secondary N) is 1. The molecule has 0 bridgehead atoms. The molecule has 2 rings (SSSR count). The van der Waals surface area contributed by atoms with Crippen molar-refractivity contribution in [1.82, 2.24) is 5.43 Å². The van der Waals surface area contributed by atoms with Crippen molar-refractivity contribution < 1.29 is 13.6 Å². The summed E-state index contributed by atoms with van der Waals surface area (Å²) in [6.07, 6.45) is 3.61. The molecule has 1 aliphatic rings. The van der Waals surface area contributed by atoms with Gasteiger partial charge in [0.15, 0.2) is 0 Å². The molecular weight excluding hydrogens is 238 g/mol. The minimum absolute atomic E-state index is 0.116. The predicted octanol–water partition coefficient (Wildman–Crippen LogP) is 2.16. The Bertz CT molecular complexity index is 456. The summed E-state index contributed by atoms with van der Waals surface area (Å²) in [7, 11) is 0. The number of carbonyl (C=O) groups is 1. The first kappa shape index (κ1) is 13.0. The Labute approximate surface area is 104 Å². The number of carbonyl (C=O) groups excluding carboxylic acids is 1. The standard InChI is InChI=1S/C13H16F2N2O/c14-9-4-5-11(15)10(8-9)13(12(18)17-16)6-2-1-3-7-13/h4-5,8H,1-3,6-7,16H2,(H,17,18). The van der Waals surface area contributed by atoms with Gasteiger partial charge in [-0.05, 0) is 31.0 Å². The molecule has 0 saturated heterocycles. The van der Waals surface area contributed by atoms with Gasteiger partial charge >= 0.3 is 0 Å². The Hall–Kier alpha value is -1.49. The summed E-state index contributed by atoms with van der Waals surface area (Å²) in [5.41, 5.74) is 1.18. The Kier molecular flexibility index (Phi) is 3.61. The Morgan fingerprint density at radius 2 is 1.89 bits per heavy atom. The second-order valence-corrected chi connectivity index (χ2v) is 4.74. The van der Waals surface area contributed by atoms with Crippen molar-refractivity contribution in [3.05, 3.63) is 35.4 Å². The highest BCUT2D eigenvalue weighted by Crippen LogP contribution is 2.40. The van der Waals surface area contributed by atoms with Gasteiger partial charge < -0.3 is 0 Å². The van der Waals surface area contributed by atoms with Crippen LogP contribution >= 0.6 is 0 Å². The average Bonchev–Trinajstić information content (AvgIpc) is 2.41. The van der Waals surface area contributed by atoms with Gasteiger partial charge in [-0.3, -0.25) is 10.2 Å². The van der Waals surface area contributed by atoms with E-state index in [1.165, 1.54) is 0 Å². The molecule has 1 aromatic carbocycles. The van der Waals surface area contributed by atoms with Crippen molar-refractivity contribution >= 4 is 5.91 Å². The predicted molar refractivity (Wildman–Crippen MR) is 63.5 cm³/mol. The van der Waals surface area contributed by atoms with Gasteiger partial charge in [-0.25, -0.2) is 14.6 Å². The van der Waals surface area contributed by atoms with Gasteiger partial charge in [0.05, 0.1) is 5.41 Å². The van der Waals surface area contributed by atoms with Crippen molar-refractivity contribution in [2.45, 2.75) is 37.5 Å². The second kappa shape index (κ2) is 5.02. The zero-order chi connectivity index (χ0) is 13.2. The molecule has 5 heteroatoms. The summed E-state index contributed by atoms with van der Waals surface area (Å²) in [5, 5.41) is 0. The molecule has 1 saturated carbocycles. The van der Waals surface area contributed by atoms with Crippen LogP contribution in [0.1, 0.15) is 37.7 Å². The van der Waals surface area contributed by atoms with Crippen molar-refractivity contribution in [3.63, 3.8) is 0 Å². The van der Waals surface area contributed by atoms with Gasteiger partial charge in [0.2, 0.25) is 5.91 Å². The van der Waals surface area contributed by atoms with Crippen LogP contribution in [0.2, 0.25) is 0 Å². The molecule has 0 spiro atoms. The lowest BCUT2D eigenvalue weighted by molar-refractivity contribution is -0.128. The number of benzene rings is 1. The lowest BCUT2D eigenvalue weighted by Crippen LogP contribution is -2.49. The molecule has 0 unspecified atom stereocenters. The fourth-order valence-corrected chi connectivity index (χ4v) is 2.78. The third-order valence-electron chi connectivity index (χ3n) is 3.72. The fraction of sp³-hybridized carbons (Fsp3) is 0.462. The number of hydrogen-bond acceptors (Lipinski definition) is 2. The molecule has 1 fully saturated rings. The van der Waals surface area contributed by atoms with Crippen LogP contribution in [-0.4, -0.2) is 5.91 Å². The zero-order valence-corrected chi connectivity index (χ0v) is 10.0. The van der Waals surface area contributed by atoms with E-state index in [0.717, 1.165) is 37.5 Å². The molecule has 1 aliphatic carbocycles. The van der Waals surface area contributed by atoms with E-state index in [4.69, 9.17) is 5.84 Å². The van der Waals surface area contributed by atoms with E-state index in [-0.39, 0.29) is 5.56 Å². The molecule has 0 aromatic heterocycles. The van der Waals surface area contributed by atoms with Crippen molar-refractivity contribution in [2.24, 2.45) is 5.84 Å². The lowest BCUT2D eigenvalue weighted by Gasteiger charge is -2.35. The number of amides is 1. The number of halogens is 2. The number of hydrogen-bond donors (Lipinski definition) is 2. The molecule has 1 amide bonds. The zero-order valence-electron chi connectivity index (χ0n) is 10.0. The lowest BCUT2D eigenvalue weighted by atomic mass is 9.68. The topological polar surface area (TPSA) is 55.1 Å². The maximum Gasteiger partial charge on any atom is 0.244 e. The molecule has 0 atom stereocenters. The molecule has 3 nitrogen and oxygen atoms in total. The Balaban J connectivity index is 2.51. The van der Waals surface area contributed by atoms with Crippen LogP contribution in [0.3, 0.4) is 0 Å². The van der Waals surface area contributed by atoms with Crippen molar-refractivity contribution in [2.75, 3.05) is 0 Å². The third-order valence-corrected chi connectivity index (χ3v) is 3.72. The largest absolute Gasteiger partial charge is 0.293 e. The Morgan fingerprint density at radius 1 is 1.22 bits per heavy atom. The van der Waals surface area contributed by atoms with Crippen molar-refractivity contribution in [3.8, 4) is 0 Å². The average molecular weight is 254 g/mol. The quantitative estimate of drug-likeness (QED) is 0.482. The Morgan fingerprint density at radius 3 is 2.50 bits per heavy atom. The highest BCUT2D eigenvalue weighted by molar-refractivity contribution is 5.88. The van der Waals surface area contributed by atoms with E-state index in [9.17, 15) is 13.6 Å². The van der Waals surface area contributed by atoms with Crippen molar-refractivity contribution in [1.29, 1.82) is 0 Å². The van der Waals surface area contributed by atoms with Crippen LogP contribution in [0.4, 0.5) is 8.78 Å². The fourth-order valence-electron chi connectivity index (χ4n) is 2.78. The summed E-state index contributed by atoms with van der Waals surface area (Å²) in [6.45, 7) is 0. The normalized spacial score (nSPS) is 18.4. The number of hydrazine groups is 1. The van der Waals surface area contributed by atoms with Gasteiger partial charge in [-0.2, -0.15) is 0 Å². The summed E-state index contributed by atoms with van der Waals surface area (Å²) in [5.74, 6) is 3.67. The minimum Gasteiger partial charge on any atom is -0.293 e. The van der Waals surface area contributed by atoms with Gasteiger partial charge in [-0.1, -0.05) is 19.3 Å². The minimum atomic E-state index is -1.03. The molecule has 0 aliphatic heterocycles. The van der Waals surface area contributed by atoms with Crippen LogP contribution in [0.5, 0.6) is 0 Å². The second-order valence-electron chi connectivity index (χ2n) is 4.74. The summed E-state index contributed by atoms with van der Waals surface area (Å²) in [4.78, 5) is 12.0.